The van der Waals surface area contributed by atoms with Gasteiger partial charge in [-0.25, -0.2) is 4.39 Å². The third-order valence-corrected chi connectivity index (χ3v) is 1.87. The van der Waals surface area contributed by atoms with Crippen LogP contribution >= 0.6 is 0 Å². The van der Waals surface area contributed by atoms with Gasteiger partial charge in [-0.05, 0) is 12.1 Å². The van der Waals surface area contributed by atoms with Crippen LogP contribution in [0.25, 0.3) is 5.69 Å². The van der Waals surface area contributed by atoms with Crippen LogP contribution in [-0.2, 0) is 6.61 Å². The maximum atomic E-state index is 13.3. The maximum absolute atomic E-state index is 13.3. The number of aliphatic hydroxyl groups is 1. The van der Waals surface area contributed by atoms with Gasteiger partial charge in [0.1, 0.15) is 18.8 Å². The molecule has 72 valence electrons. The molecule has 0 spiro atoms. The van der Waals surface area contributed by atoms with Gasteiger partial charge in [-0.15, -0.1) is 10.2 Å². The van der Waals surface area contributed by atoms with E-state index in [0.29, 0.717) is 11.5 Å². The minimum atomic E-state index is -0.373. The molecular formula is C9H8FN3O. The Balaban J connectivity index is 2.54. The molecule has 4 nitrogen and oxygen atoms in total. The fraction of sp³-hybridized carbons (Fsp3) is 0.111. The number of aromatic nitrogens is 3. The lowest BCUT2D eigenvalue weighted by Gasteiger charge is -2.04. The van der Waals surface area contributed by atoms with Crippen LogP contribution in [0.4, 0.5) is 4.39 Å². The smallest absolute Gasteiger partial charge is 0.163 e. The average molecular weight is 193 g/mol. The molecule has 0 fully saturated rings. The molecule has 1 N–H and O–H groups in total. The zero-order valence-corrected chi connectivity index (χ0v) is 7.26. The number of aliphatic hydroxyl groups excluding tert-OH is 1. The highest BCUT2D eigenvalue weighted by molar-refractivity contribution is 5.33. The lowest BCUT2D eigenvalue weighted by atomic mass is 10.3. The number of nitrogens with zero attached hydrogens (tertiary/aromatic N) is 3. The van der Waals surface area contributed by atoms with Crippen molar-refractivity contribution >= 4 is 0 Å². The number of halogens is 1. The largest absolute Gasteiger partial charge is 0.388 e. The summed E-state index contributed by atoms with van der Waals surface area (Å²) in [5.74, 6) is -0.0582. The molecule has 0 saturated heterocycles. The first-order valence-electron chi connectivity index (χ1n) is 4.07. The van der Waals surface area contributed by atoms with Crippen molar-refractivity contribution in [2.24, 2.45) is 0 Å². The van der Waals surface area contributed by atoms with Crippen molar-refractivity contribution in [2.75, 3.05) is 0 Å². The van der Waals surface area contributed by atoms with Crippen LogP contribution in [0.3, 0.4) is 0 Å². The normalized spacial score (nSPS) is 10.4. The van der Waals surface area contributed by atoms with Crippen LogP contribution in [0.2, 0.25) is 0 Å². The molecule has 0 saturated carbocycles. The Kier molecular flexibility index (Phi) is 2.24. The summed E-state index contributed by atoms with van der Waals surface area (Å²) >= 11 is 0. The molecule has 0 aliphatic heterocycles. The van der Waals surface area contributed by atoms with Crippen molar-refractivity contribution in [3.05, 3.63) is 42.2 Å². The van der Waals surface area contributed by atoms with Crippen LogP contribution in [0, 0.1) is 5.82 Å². The average Bonchev–Trinajstić information content (AvgIpc) is 2.66. The topological polar surface area (TPSA) is 50.9 Å². The summed E-state index contributed by atoms with van der Waals surface area (Å²) in [6.45, 7) is -0.270. The molecule has 2 aromatic rings. The third kappa shape index (κ3) is 1.38. The second-order valence-corrected chi connectivity index (χ2v) is 2.73. The maximum Gasteiger partial charge on any atom is 0.163 e. The molecule has 0 unspecified atom stereocenters. The molecule has 1 heterocycles. The highest BCUT2D eigenvalue weighted by Gasteiger charge is 2.08. The molecule has 1 aromatic carbocycles. The van der Waals surface area contributed by atoms with Crippen molar-refractivity contribution in [3.8, 4) is 5.69 Å². The van der Waals surface area contributed by atoms with Crippen molar-refractivity contribution in [1.82, 2.24) is 14.8 Å². The van der Waals surface area contributed by atoms with Crippen LogP contribution in [-0.4, -0.2) is 19.9 Å². The van der Waals surface area contributed by atoms with E-state index < -0.39 is 0 Å². The summed E-state index contributed by atoms with van der Waals surface area (Å²) < 4.78 is 14.7. The highest BCUT2D eigenvalue weighted by Crippen LogP contribution is 2.13. The van der Waals surface area contributed by atoms with Gasteiger partial charge in [-0.2, -0.15) is 0 Å². The van der Waals surface area contributed by atoms with Gasteiger partial charge in [0.2, 0.25) is 0 Å². The molecule has 2 rings (SSSR count). The zero-order valence-electron chi connectivity index (χ0n) is 7.26. The lowest BCUT2D eigenvalue weighted by molar-refractivity contribution is 0.268. The molecule has 0 aliphatic carbocycles. The zero-order chi connectivity index (χ0) is 9.97. The molecule has 5 heteroatoms. The Labute approximate surface area is 79.6 Å². The summed E-state index contributed by atoms with van der Waals surface area (Å²) in [6, 6.07) is 6.25. The van der Waals surface area contributed by atoms with E-state index >= 15 is 0 Å². The fourth-order valence-electron chi connectivity index (χ4n) is 1.22. The number of benzene rings is 1. The minimum Gasteiger partial charge on any atom is -0.388 e. The fourth-order valence-corrected chi connectivity index (χ4v) is 1.22. The molecule has 0 aliphatic rings. The Morgan fingerprint density at radius 2 is 2.14 bits per heavy atom. The van der Waals surface area contributed by atoms with Crippen LogP contribution in [0.5, 0.6) is 0 Å². The van der Waals surface area contributed by atoms with Crippen molar-refractivity contribution in [3.63, 3.8) is 0 Å². The monoisotopic (exact) mass is 193 g/mol. The van der Waals surface area contributed by atoms with E-state index in [0.717, 1.165) is 0 Å². The minimum absolute atomic E-state index is 0.270. The third-order valence-electron chi connectivity index (χ3n) is 1.87. The lowest BCUT2D eigenvalue weighted by Crippen LogP contribution is -2.02. The van der Waals surface area contributed by atoms with Crippen molar-refractivity contribution in [1.29, 1.82) is 0 Å². The second-order valence-electron chi connectivity index (χ2n) is 2.73. The second kappa shape index (κ2) is 3.55. The summed E-state index contributed by atoms with van der Waals surface area (Å²) in [7, 11) is 0. The Morgan fingerprint density at radius 1 is 1.36 bits per heavy atom. The summed E-state index contributed by atoms with van der Waals surface area (Å²) in [6.07, 6.45) is 1.37. The van der Waals surface area contributed by atoms with E-state index in [1.54, 1.807) is 18.2 Å². The molecule has 0 amide bonds. The van der Waals surface area contributed by atoms with Gasteiger partial charge in [0.05, 0.1) is 5.69 Å². The van der Waals surface area contributed by atoms with E-state index in [2.05, 4.69) is 10.2 Å². The molecule has 0 atom stereocenters. The Hall–Kier alpha value is -1.75. The first-order chi connectivity index (χ1) is 6.83. The first kappa shape index (κ1) is 8.83. The predicted octanol–water partition coefficient (Wildman–Crippen LogP) is 0.899. The predicted molar refractivity (Wildman–Crippen MR) is 47.2 cm³/mol. The molecule has 1 aromatic heterocycles. The van der Waals surface area contributed by atoms with Gasteiger partial charge < -0.3 is 5.11 Å². The Morgan fingerprint density at radius 3 is 2.86 bits per heavy atom. The molecule has 0 radical (unpaired) electrons. The van der Waals surface area contributed by atoms with Gasteiger partial charge in [-0.1, -0.05) is 12.1 Å². The van der Waals surface area contributed by atoms with Gasteiger partial charge in [0, 0.05) is 0 Å². The Bertz CT molecular complexity index is 441. The quantitative estimate of drug-likeness (QED) is 0.770. The number of hydrogen-bond acceptors (Lipinski definition) is 3. The SMILES string of the molecule is OCc1nncn1-c1ccccc1F. The van der Waals surface area contributed by atoms with E-state index in [1.165, 1.54) is 17.0 Å². The van der Waals surface area contributed by atoms with E-state index in [1.807, 2.05) is 0 Å². The standard InChI is InChI=1S/C9H8FN3O/c10-7-3-1-2-4-8(7)13-6-11-12-9(13)5-14/h1-4,6,14H,5H2. The van der Waals surface area contributed by atoms with E-state index in [9.17, 15) is 4.39 Å². The number of para-hydroxylation sites is 1. The first-order valence-corrected chi connectivity index (χ1v) is 4.07. The van der Waals surface area contributed by atoms with E-state index in [-0.39, 0.29) is 12.4 Å². The van der Waals surface area contributed by atoms with Crippen molar-refractivity contribution < 1.29 is 9.50 Å². The summed E-state index contributed by atoms with van der Waals surface area (Å²) in [5.41, 5.74) is 0.335. The van der Waals surface area contributed by atoms with Gasteiger partial charge >= 0.3 is 0 Å². The molecular weight excluding hydrogens is 185 g/mol. The van der Waals surface area contributed by atoms with Gasteiger partial charge in [0.15, 0.2) is 5.82 Å². The summed E-state index contributed by atoms with van der Waals surface area (Å²) in [4.78, 5) is 0. The number of rotatable bonds is 2. The van der Waals surface area contributed by atoms with E-state index in [4.69, 9.17) is 5.11 Å². The highest BCUT2D eigenvalue weighted by atomic mass is 19.1. The van der Waals surface area contributed by atoms with Gasteiger partial charge in [-0.3, -0.25) is 4.57 Å². The number of hydrogen-bond donors (Lipinski definition) is 1. The van der Waals surface area contributed by atoms with Crippen LogP contribution in [0.1, 0.15) is 5.82 Å². The summed E-state index contributed by atoms with van der Waals surface area (Å²) in [5, 5.41) is 16.2. The van der Waals surface area contributed by atoms with Crippen LogP contribution in [0.15, 0.2) is 30.6 Å². The molecule has 14 heavy (non-hydrogen) atoms. The van der Waals surface area contributed by atoms with Gasteiger partial charge in [0.25, 0.3) is 0 Å². The van der Waals surface area contributed by atoms with Crippen LogP contribution < -0.4 is 0 Å². The molecule has 0 bridgehead atoms. The van der Waals surface area contributed by atoms with Crippen molar-refractivity contribution in [2.45, 2.75) is 6.61 Å².